The molecule has 5 nitrogen and oxygen atoms in total. The largest absolute Gasteiger partial charge is 0.372 e. The van der Waals surface area contributed by atoms with Crippen molar-refractivity contribution in [1.29, 1.82) is 0 Å². The molecule has 0 amide bonds. The van der Waals surface area contributed by atoms with Crippen molar-refractivity contribution in [2.24, 2.45) is 5.73 Å². The van der Waals surface area contributed by atoms with Crippen molar-refractivity contribution in [2.75, 3.05) is 0 Å². The van der Waals surface area contributed by atoms with Gasteiger partial charge in [0.05, 0.1) is 22.1 Å². The van der Waals surface area contributed by atoms with Gasteiger partial charge in [0.1, 0.15) is 12.5 Å². The average Bonchev–Trinajstić information content (AvgIpc) is 3.79. The summed E-state index contributed by atoms with van der Waals surface area (Å²) >= 11 is 0. The zero-order valence-electron chi connectivity index (χ0n) is 31.2. The van der Waals surface area contributed by atoms with Crippen molar-refractivity contribution >= 4 is 60.0 Å². The first-order chi connectivity index (χ1) is 28.2. The van der Waals surface area contributed by atoms with Gasteiger partial charge in [0, 0.05) is 27.2 Å². The number of allylic oxidation sites excluding steroid dienone is 2. The summed E-state index contributed by atoms with van der Waals surface area (Å²) in [4.78, 5) is 0. The highest BCUT2D eigenvalue weighted by Crippen LogP contribution is 2.38. The molecular weight excluding hydrogens is 695 g/mol. The number of fused-ring (bicyclic) bond motifs is 7. The molecule has 2 atom stereocenters. The topological polar surface area (TPSA) is 59.9 Å². The van der Waals surface area contributed by atoms with Crippen LogP contribution in [-0.4, -0.2) is 15.3 Å². The Balaban J connectivity index is 0.931. The van der Waals surface area contributed by atoms with Crippen molar-refractivity contribution in [1.82, 2.24) is 19.8 Å². The molecule has 2 aromatic heterocycles. The number of hydrogen-bond donors (Lipinski definition) is 3. The number of hydrogen-bond acceptors (Lipinski definition) is 3. The first kappa shape index (κ1) is 33.2. The summed E-state index contributed by atoms with van der Waals surface area (Å²) in [5, 5.41) is 14.6. The second-order valence-electron chi connectivity index (χ2n) is 14.8. The Morgan fingerprint density at radius 1 is 0.491 bits per heavy atom. The van der Waals surface area contributed by atoms with Gasteiger partial charge < -0.3 is 14.5 Å². The van der Waals surface area contributed by atoms with Crippen molar-refractivity contribution in [2.45, 2.75) is 12.5 Å². The van der Waals surface area contributed by atoms with Crippen LogP contribution in [0.3, 0.4) is 0 Å². The maximum atomic E-state index is 7.17. The molecule has 0 bridgehead atoms. The number of para-hydroxylation sites is 3. The number of benzene rings is 8. The Labute approximate surface area is 330 Å². The van der Waals surface area contributed by atoms with Gasteiger partial charge in [0.2, 0.25) is 0 Å². The van der Waals surface area contributed by atoms with Gasteiger partial charge in [0.25, 0.3) is 0 Å². The van der Waals surface area contributed by atoms with Crippen LogP contribution in [0.25, 0.3) is 87.9 Å². The van der Waals surface area contributed by atoms with E-state index in [1.54, 1.807) is 0 Å². The fourth-order valence-corrected chi connectivity index (χ4v) is 8.95. The Hall–Kier alpha value is -7.18. The summed E-state index contributed by atoms with van der Waals surface area (Å²) in [5.41, 5.74) is 19.9. The lowest BCUT2D eigenvalue weighted by atomic mass is 9.95. The number of rotatable bonds is 7. The maximum Gasteiger partial charge on any atom is 0.138 e. The lowest BCUT2D eigenvalue weighted by Crippen LogP contribution is -2.48. The highest BCUT2D eigenvalue weighted by molar-refractivity contribution is 6.12. The zero-order chi connectivity index (χ0) is 37.9. The molecule has 8 aromatic carbocycles. The van der Waals surface area contributed by atoms with E-state index in [1.165, 1.54) is 65.6 Å². The molecule has 10 aromatic rings. The molecule has 1 aliphatic rings. The van der Waals surface area contributed by atoms with Gasteiger partial charge in [-0.05, 0) is 105 Å². The average molecular weight is 734 g/mol. The van der Waals surface area contributed by atoms with Gasteiger partial charge in [0.15, 0.2) is 0 Å². The quantitative estimate of drug-likeness (QED) is 0.143. The predicted octanol–water partition coefficient (Wildman–Crippen LogP) is 11.9. The van der Waals surface area contributed by atoms with E-state index in [9.17, 15) is 0 Å². The van der Waals surface area contributed by atoms with Crippen molar-refractivity contribution in [3.63, 3.8) is 0 Å². The minimum Gasteiger partial charge on any atom is -0.372 e. The van der Waals surface area contributed by atoms with Gasteiger partial charge in [-0.15, -0.1) is 0 Å². The zero-order valence-corrected chi connectivity index (χ0v) is 31.2. The molecular formula is C52H39N5. The second kappa shape index (κ2) is 13.5. The fourth-order valence-electron chi connectivity index (χ4n) is 8.95. The maximum absolute atomic E-state index is 7.17. The van der Waals surface area contributed by atoms with Gasteiger partial charge in [-0.3, -0.25) is 11.1 Å². The number of dihydropyridines is 1. The van der Waals surface area contributed by atoms with E-state index >= 15 is 0 Å². The van der Waals surface area contributed by atoms with Crippen LogP contribution in [0.2, 0.25) is 0 Å². The molecule has 0 radical (unpaired) electrons. The van der Waals surface area contributed by atoms with Crippen LogP contribution in [0.1, 0.15) is 11.9 Å². The number of nitrogens with two attached hydrogens (primary N) is 1. The van der Waals surface area contributed by atoms with Crippen LogP contribution in [-0.2, 0) is 0 Å². The summed E-state index contributed by atoms with van der Waals surface area (Å²) in [7, 11) is 0. The fraction of sp³-hybridized carbons (Fsp3) is 0.0385. The van der Waals surface area contributed by atoms with Crippen molar-refractivity contribution in [3.8, 4) is 27.9 Å². The van der Waals surface area contributed by atoms with E-state index in [2.05, 4.69) is 214 Å². The molecule has 57 heavy (non-hydrogen) atoms. The molecule has 0 saturated carbocycles. The SMILES string of the molecule is NC(NC1NC=CC=C1c1ccc(-c2cccc3ccccc23)cc1)n1c2ccccc2c2cc(-c3ccc4c(c3)c3ccccc3n4-c3ccccc3)ccc21. The minimum atomic E-state index is -0.513. The van der Waals surface area contributed by atoms with Crippen LogP contribution >= 0.6 is 0 Å². The molecule has 4 N–H and O–H groups in total. The molecule has 0 aliphatic carbocycles. The number of nitrogens with one attached hydrogen (secondary N) is 2. The smallest absolute Gasteiger partial charge is 0.138 e. The standard InChI is InChI=1S/C52H39N5/c53-52(55-51-42(20-11-31-54-51)36-25-23-35(24-26-36)41-19-10-13-34-12-4-5-16-40(34)41)57-48-22-9-7-18-44(48)46-33-38(28-30-50(46)57)37-27-29-49-45(32-37)43-17-6-8-21-47(43)56(49)39-14-2-1-3-15-39/h1-33,51-52,54-55H,53H2. The van der Waals surface area contributed by atoms with Gasteiger partial charge >= 0.3 is 0 Å². The summed E-state index contributed by atoms with van der Waals surface area (Å²) in [6.45, 7) is 0. The highest BCUT2D eigenvalue weighted by Gasteiger charge is 2.23. The first-order valence-electron chi connectivity index (χ1n) is 19.5. The first-order valence-corrected chi connectivity index (χ1v) is 19.5. The lowest BCUT2D eigenvalue weighted by Gasteiger charge is -2.29. The molecule has 0 fully saturated rings. The van der Waals surface area contributed by atoms with Crippen LogP contribution in [0.5, 0.6) is 0 Å². The molecule has 3 heterocycles. The third-order valence-corrected chi connectivity index (χ3v) is 11.6. The van der Waals surface area contributed by atoms with E-state index < -0.39 is 6.29 Å². The summed E-state index contributed by atoms with van der Waals surface area (Å²) in [6, 6.07) is 65.4. The third kappa shape index (κ3) is 5.55. The van der Waals surface area contributed by atoms with Crippen LogP contribution in [0, 0.1) is 0 Å². The molecule has 0 spiro atoms. The Bertz CT molecular complexity index is 3200. The molecule has 1 aliphatic heterocycles. The van der Waals surface area contributed by atoms with E-state index in [0.29, 0.717) is 0 Å². The Morgan fingerprint density at radius 3 is 1.84 bits per heavy atom. The van der Waals surface area contributed by atoms with E-state index in [-0.39, 0.29) is 6.17 Å². The van der Waals surface area contributed by atoms with Gasteiger partial charge in [-0.1, -0.05) is 140 Å². The van der Waals surface area contributed by atoms with Gasteiger partial charge in [-0.2, -0.15) is 0 Å². The molecule has 2 unspecified atom stereocenters. The lowest BCUT2D eigenvalue weighted by molar-refractivity contribution is 0.391. The second-order valence-corrected chi connectivity index (χ2v) is 14.8. The molecule has 5 heteroatoms. The van der Waals surface area contributed by atoms with Crippen molar-refractivity contribution in [3.05, 3.63) is 206 Å². The van der Waals surface area contributed by atoms with Crippen LogP contribution < -0.4 is 16.4 Å². The molecule has 11 rings (SSSR count). The van der Waals surface area contributed by atoms with Gasteiger partial charge in [-0.25, -0.2) is 0 Å². The van der Waals surface area contributed by atoms with E-state index in [4.69, 9.17) is 5.73 Å². The van der Waals surface area contributed by atoms with E-state index in [0.717, 1.165) is 27.9 Å². The third-order valence-electron chi connectivity index (χ3n) is 11.6. The minimum absolute atomic E-state index is 0.200. The summed E-state index contributed by atoms with van der Waals surface area (Å²) < 4.78 is 4.59. The summed E-state index contributed by atoms with van der Waals surface area (Å²) in [5.74, 6) is 0. The van der Waals surface area contributed by atoms with Crippen LogP contribution in [0.15, 0.2) is 200 Å². The van der Waals surface area contributed by atoms with Crippen LogP contribution in [0.4, 0.5) is 0 Å². The number of nitrogens with zero attached hydrogens (tertiary/aromatic N) is 2. The summed E-state index contributed by atoms with van der Waals surface area (Å²) in [6.07, 6.45) is 5.48. The van der Waals surface area contributed by atoms with Crippen molar-refractivity contribution < 1.29 is 0 Å². The molecule has 272 valence electrons. The monoisotopic (exact) mass is 733 g/mol. The number of aromatic nitrogens is 2. The van der Waals surface area contributed by atoms with E-state index in [1.807, 2.05) is 6.20 Å². The Kier molecular flexibility index (Phi) is 7.88. The normalized spacial score (nSPS) is 14.8. The highest BCUT2D eigenvalue weighted by atomic mass is 15.3. The molecule has 0 saturated heterocycles. The Morgan fingerprint density at radius 2 is 1.05 bits per heavy atom. The predicted molar refractivity (Wildman–Crippen MR) is 239 cm³/mol.